The van der Waals surface area contributed by atoms with Gasteiger partial charge in [0.05, 0.1) is 0 Å². The van der Waals surface area contributed by atoms with Crippen molar-refractivity contribution in [1.82, 2.24) is 0 Å². The maximum atomic E-state index is 10.7. The van der Waals surface area contributed by atoms with Gasteiger partial charge in [-0.25, -0.2) is 0 Å². The number of amides is 1. The van der Waals surface area contributed by atoms with E-state index in [0.29, 0.717) is 12.3 Å². The van der Waals surface area contributed by atoms with E-state index in [1.807, 2.05) is 0 Å². The van der Waals surface area contributed by atoms with Gasteiger partial charge in [0, 0.05) is 6.42 Å². The second-order valence-corrected chi connectivity index (χ2v) is 4.11. The first kappa shape index (κ1) is 7.14. The van der Waals surface area contributed by atoms with Gasteiger partial charge in [0.1, 0.15) is 0 Å². The Morgan fingerprint density at radius 2 is 2.18 bits per heavy atom. The highest BCUT2D eigenvalue weighted by atomic mass is 16.1. The van der Waals surface area contributed by atoms with Crippen molar-refractivity contribution in [2.75, 3.05) is 0 Å². The molecule has 0 saturated heterocycles. The van der Waals surface area contributed by atoms with Crippen LogP contribution in [0.15, 0.2) is 0 Å². The lowest BCUT2D eigenvalue weighted by molar-refractivity contribution is -0.119. The van der Waals surface area contributed by atoms with Crippen molar-refractivity contribution in [2.24, 2.45) is 23.5 Å². The Hall–Kier alpha value is -0.530. The molecule has 0 radical (unpaired) electrons. The second-order valence-electron chi connectivity index (χ2n) is 4.11. The van der Waals surface area contributed by atoms with Crippen LogP contribution in [-0.4, -0.2) is 5.91 Å². The summed E-state index contributed by atoms with van der Waals surface area (Å²) in [5.41, 5.74) is 5.17. The zero-order chi connectivity index (χ0) is 7.84. The molecule has 3 atom stereocenters. The summed E-state index contributed by atoms with van der Waals surface area (Å²) in [5.74, 6) is 2.31. The lowest BCUT2D eigenvalue weighted by atomic mass is 9.86. The van der Waals surface area contributed by atoms with E-state index >= 15 is 0 Å². The molecule has 1 amide bonds. The molecule has 2 saturated carbocycles. The Morgan fingerprint density at radius 1 is 1.36 bits per heavy atom. The topological polar surface area (TPSA) is 43.1 Å². The van der Waals surface area contributed by atoms with E-state index in [4.69, 9.17) is 5.73 Å². The number of rotatable bonds is 2. The Kier molecular flexibility index (Phi) is 1.63. The zero-order valence-electron chi connectivity index (χ0n) is 6.75. The maximum Gasteiger partial charge on any atom is 0.217 e. The fourth-order valence-corrected chi connectivity index (χ4v) is 2.88. The van der Waals surface area contributed by atoms with Gasteiger partial charge in [-0.3, -0.25) is 4.79 Å². The van der Waals surface area contributed by atoms with Crippen molar-refractivity contribution in [2.45, 2.75) is 32.1 Å². The van der Waals surface area contributed by atoms with Gasteiger partial charge < -0.3 is 5.73 Å². The minimum absolute atomic E-state index is 0.109. The lowest BCUT2D eigenvalue weighted by Crippen LogP contribution is -2.20. The molecular formula is C9H15NO. The van der Waals surface area contributed by atoms with Crippen molar-refractivity contribution >= 4 is 5.91 Å². The van der Waals surface area contributed by atoms with Crippen LogP contribution >= 0.6 is 0 Å². The van der Waals surface area contributed by atoms with E-state index in [1.165, 1.54) is 25.7 Å². The molecule has 2 heteroatoms. The summed E-state index contributed by atoms with van der Waals surface area (Å²) in [6.07, 6.45) is 6.04. The van der Waals surface area contributed by atoms with Gasteiger partial charge in [-0.2, -0.15) is 0 Å². The second kappa shape index (κ2) is 2.50. The maximum absolute atomic E-state index is 10.7. The number of hydrogen-bond donors (Lipinski definition) is 1. The summed E-state index contributed by atoms with van der Waals surface area (Å²) in [4.78, 5) is 10.7. The van der Waals surface area contributed by atoms with Gasteiger partial charge in [-0.15, -0.1) is 0 Å². The van der Waals surface area contributed by atoms with Crippen LogP contribution in [0.3, 0.4) is 0 Å². The summed E-state index contributed by atoms with van der Waals surface area (Å²) >= 11 is 0. The predicted molar refractivity (Wildman–Crippen MR) is 42.7 cm³/mol. The van der Waals surface area contributed by atoms with Crippen LogP contribution in [0, 0.1) is 17.8 Å². The van der Waals surface area contributed by atoms with Gasteiger partial charge in [-0.05, 0) is 37.0 Å². The molecule has 2 N–H and O–H groups in total. The smallest absolute Gasteiger partial charge is 0.217 e. The summed E-state index contributed by atoms with van der Waals surface area (Å²) < 4.78 is 0. The predicted octanol–water partition coefficient (Wildman–Crippen LogP) is 1.30. The van der Waals surface area contributed by atoms with Crippen molar-refractivity contribution < 1.29 is 4.79 Å². The molecule has 11 heavy (non-hydrogen) atoms. The highest BCUT2D eigenvalue weighted by molar-refractivity contribution is 5.74. The Morgan fingerprint density at radius 3 is 2.64 bits per heavy atom. The van der Waals surface area contributed by atoms with Crippen LogP contribution in [0.2, 0.25) is 0 Å². The van der Waals surface area contributed by atoms with Crippen molar-refractivity contribution in [1.29, 1.82) is 0 Å². The summed E-state index contributed by atoms with van der Waals surface area (Å²) in [7, 11) is 0. The third-order valence-corrected chi connectivity index (χ3v) is 3.35. The quantitative estimate of drug-likeness (QED) is 0.638. The third-order valence-electron chi connectivity index (χ3n) is 3.35. The van der Waals surface area contributed by atoms with E-state index < -0.39 is 0 Å². The highest BCUT2D eigenvalue weighted by Gasteiger charge is 2.39. The normalized spacial score (nSPS) is 41.3. The molecule has 0 spiro atoms. The average molecular weight is 153 g/mol. The summed E-state index contributed by atoms with van der Waals surface area (Å²) in [6.45, 7) is 0. The molecular weight excluding hydrogens is 138 g/mol. The van der Waals surface area contributed by atoms with Crippen LogP contribution < -0.4 is 5.73 Å². The Balaban J connectivity index is 1.92. The summed E-state index contributed by atoms with van der Waals surface area (Å²) in [5, 5.41) is 0. The fraction of sp³-hybridized carbons (Fsp3) is 0.889. The van der Waals surface area contributed by atoms with E-state index in [-0.39, 0.29) is 5.91 Å². The number of nitrogens with two attached hydrogens (primary N) is 1. The van der Waals surface area contributed by atoms with Crippen LogP contribution in [-0.2, 0) is 4.79 Å². The van der Waals surface area contributed by atoms with Crippen LogP contribution in [0.4, 0.5) is 0 Å². The minimum Gasteiger partial charge on any atom is -0.370 e. The molecule has 2 aliphatic carbocycles. The average Bonchev–Trinajstić information content (AvgIpc) is 2.45. The molecule has 2 fully saturated rings. The molecule has 0 unspecified atom stereocenters. The SMILES string of the molecule is NC(=O)C[C@@H]1C[C@H]2CC[C@H]1C2. The highest BCUT2D eigenvalue weighted by Crippen LogP contribution is 2.49. The lowest BCUT2D eigenvalue weighted by Gasteiger charge is -2.19. The number of primary amides is 1. The van der Waals surface area contributed by atoms with Crippen LogP contribution in [0.5, 0.6) is 0 Å². The molecule has 0 heterocycles. The van der Waals surface area contributed by atoms with Crippen molar-refractivity contribution in [3.05, 3.63) is 0 Å². The standard InChI is InChI=1S/C9H15NO/c10-9(11)5-8-4-6-1-2-7(8)3-6/h6-8H,1-5H2,(H2,10,11)/t6-,7-,8-/m0/s1. The van der Waals surface area contributed by atoms with Gasteiger partial charge in [0.15, 0.2) is 0 Å². The Bertz CT molecular complexity index is 178. The molecule has 0 aromatic heterocycles. The molecule has 62 valence electrons. The van der Waals surface area contributed by atoms with Crippen molar-refractivity contribution in [3.63, 3.8) is 0 Å². The fourth-order valence-electron chi connectivity index (χ4n) is 2.88. The van der Waals surface area contributed by atoms with E-state index in [1.54, 1.807) is 0 Å². The molecule has 2 bridgehead atoms. The van der Waals surface area contributed by atoms with Gasteiger partial charge in [0.2, 0.25) is 5.91 Å². The molecule has 0 aromatic rings. The van der Waals surface area contributed by atoms with E-state index in [9.17, 15) is 4.79 Å². The van der Waals surface area contributed by atoms with Gasteiger partial charge in [-0.1, -0.05) is 6.42 Å². The largest absolute Gasteiger partial charge is 0.370 e. The monoisotopic (exact) mass is 153 g/mol. The van der Waals surface area contributed by atoms with Crippen LogP contribution in [0.25, 0.3) is 0 Å². The first-order valence-corrected chi connectivity index (χ1v) is 4.54. The Labute approximate surface area is 67.1 Å². The van der Waals surface area contributed by atoms with E-state index in [2.05, 4.69) is 0 Å². The molecule has 0 aliphatic heterocycles. The third kappa shape index (κ3) is 1.26. The van der Waals surface area contributed by atoms with Crippen LogP contribution in [0.1, 0.15) is 32.1 Å². The number of carbonyl (C=O) groups is 1. The number of fused-ring (bicyclic) bond motifs is 2. The molecule has 2 rings (SSSR count). The minimum atomic E-state index is -0.109. The van der Waals surface area contributed by atoms with Crippen molar-refractivity contribution in [3.8, 4) is 0 Å². The summed E-state index contributed by atoms with van der Waals surface area (Å²) in [6, 6.07) is 0. The molecule has 2 aliphatic rings. The first-order chi connectivity index (χ1) is 5.25. The number of hydrogen-bond acceptors (Lipinski definition) is 1. The van der Waals surface area contributed by atoms with Gasteiger partial charge >= 0.3 is 0 Å². The van der Waals surface area contributed by atoms with E-state index in [0.717, 1.165) is 11.8 Å². The van der Waals surface area contributed by atoms with Gasteiger partial charge in [0.25, 0.3) is 0 Å². The zero-order valence-corrected chi connectivity index (χ0v) is 6.75. The molecule has 0 aromatic carbocycles. The molecule has 2 nitrogen and oxygen atoms in total. The first-order valence-electron chi connectivity index (χ1n) is 4.54. The number of carbonyl (C=O) groups excluding carboxylic acids is 1.